The second-order valence-corrected chi connectivity index (χ2v) is 8.63. The Labute approximate surface area is 161 Å². The van der Waals surface area contributed by atoms with Crippen LogP contribution in [0.4, 0.5) is 0 Å². The molecule has 0 saturated carbocycles. The van der Waals surface area contributed by atoms with Gasteiger partial charge in [-0.3, -0.25) is 4.90 Å². The van der Waals surface area contributed by atoms with Crippen molar-refractivity contribution in [2.45, 2.75) is 51.5 Å². The molecule has 1 aliphatic rings. The zero-order valence-corrected chi connectivity index (χ0v) is 17.2. The topological polar surface area (TPSA) is 3.24 Å². The van der Waals surface area contributed by atoms with Gasteiger partial charge in [0, 0.05) is 16.6 Å². The summed E-state index contributed by atoms with van der Waals surface area (Å²) in [4.78, 5) is 2.40. The molecule has 0 N–H and O–H groups in total. The third-order valence-corrected chi connectivity index (χ3v) is 6.27. The van der Waals surface area contributed by atoms with Crippen LogP contribution in [0.2, 0.25) is 10.0 Å². The Balaban J connectivity index is 2.10. The normalized spacial score (nSPS) is 21.0. The SMILES string of the molecule is CC(C)c1ccc(C2(c3cc(Cl)c(C(C)C)c(Cl)c3)CCN2C)cc1. The lowest BCUT2D eigenvalue weighted by Crippen LogP contribution is -2.55. The highest BCUT2D eigenvalue weighted by Gasteiger charge is 2.45. The Morgan fingerprint density at radius 2 is 1.44 bits per heavy atom. The van der Waals surface area contributed by atoms with Crippen molar-refractivity contribution in [1.82, 2.24) is 4.90 Å². The summed E-state index contributed by atoms with van der Waals surface area (Å²) in [7, 11) is 2.18. The summed E-state index contributed by atoms with van der Waals surface area (Å²) in [5, 5.41) is 1.55. The van der Waals surface area contributed by atoms with Crippen molar-refractivity contribution in [3.8, 4) is 0 Å². The highest BCUT2D eigenvalue weighted by molar-refractivity contribution is 6.36. The molecule has 25 heavy (non-hydrogen) atoms. The highest BCUT2D eigenvalue weighted by atomic mass is 35.5. The zero-order chi connectivity index (χ0) is 18.4. The van der Waals surface area contributed by atoms with Crippen LogP contribution in [-0.2, 0) is 5.54 Å². The number of halogens is 2. The van der Waals surface area contributed by atoms with Gasteiger partial charge in [0.05, 0.1) is 5.54 Å². The van der Waals surface area contributed by atoms with Crippen molar-refractivity contribution < 1.29 is 0 Å². The minimum atomic E-state index is -0.127. The number of hydrogen-bond acceptors (Lipinski definition) is 1. The molecule has 1 heterocycles. The molecule has 0 aromatic heterocycles. The largest absolute Gasteiger partial charge is 0.293 e. The van der Waals surface area contributed by atoms with E-state index in [0.29, 0.717) is 11.8 Å². The molecule has 2 aromatic rings. The fourth-order valence-corrected chi connectivity index (χ4v) is 4.90. The van der Waals surface area contributed by atoms with Crippen LogP contribution in [0.3, 0.4) is 0 Å². The van der Waals surface area contributed by atoms with E-state index in [1.807, 2.05) is 0 Å². The predicted octanol–water partition coefficient (Wildman–Crippen LogP) is 6.82. The molecule has 1 aliphatic heterocycles. The number of rotatable bonds is 4. The average molecular weight is 376 g/mol. The van der Waals surface area contributed by atoms with Crippen LogP contribution in [0.25, 0.3) is 0 Å². The Morgan fingerprint density at radius 1 is 0.880 bits per heavy atom. The van der Waals surface area contributed by atoms with Gasteiger partial charge in [-0.2, -0.15) is 0 Å². The van der Waals surface area contributed by atoms with Crippen molar-refractivity contribution in [2.75, 3.05) is 13.6 Å². The summed E-state index contributed by atoms with van der Waals surface area (Å²) in [6, 6.07) is 13.3. The monoisotopic (exact) mass is 375 g/mol. The van der Waals surface area contributed by atoms with Crippen LogP contribution >= 0.6 is 23.2 Å². The van der Waals surface area contributed by atoms with E-state index in [2.05, 4.69) is 76.0 Å². The van der Waals surface area contributed by atoms with E-state index < -0.39 is 0 Å². The van der Waals surface area contributed by atoms with E-state index in [4.69, 9.17) is 23.2 Å². The van der Waals surface area contributed by atoms with E-state index in [9.17, 15) is 0 Å². The summed E-state index contributed by atoms with van der Waals surface area (Å²) >= 11 is 13.2. The first kappa shape index (κ1) is 18.8. The molecule has 0 spiro atoms. The molecule has 1 atom stereocenters. The van der Waals surface area contributed by atoms with Gasteiger partial charge in [0.1, 0.15) is 0 Å². The Hall–Kier alpha value is -1.02. The van der Waals surface area contributed by atoms with Crippen molar-refractivity contribution in [3.63, 3.8) is 0 Å². The molecule has 134 valence electrons. The zero-order valence-electron chi connectivity index (χ0n) is 15.7. The van der Waals surface area contributed by atoms with E-state index in [0.717, 1.165) is 28.6 Å². The predicted molar refractivity (Wildman–Crippen MR) is 109 cm³/mol. The van der Waals surface area contributed by atoms with Gasteiger partial charge in [0.2, 0.25) is 0 Å². The molecule has 1 saturated heterocycles. The average Bonchev–Trinajstić information content (AvgIpc) is 2.53. The smallest absolute Gasteiger partial charge is 0.0726 e. The third kappa shape index (κ3) is 3.12. The molecular weight excluding hydrogens is 349 g/mol. The molecule has 1 fully saturated rings. The van der Waals surface area contributed by atoms with Gasteiger partial charge in [-0.15, -0.1) is 0 Å². The number of benzene rings is 2. The van der Waals surface area contributed by atoms with E-state index in [1.54, 1.807) is 0 Å². The summed E-state index contributed by atoms with van der Waals surface area (Å²) in [6.45, 7) is 9.78. The molecule has 1 unspecified atom stereocenters. The van der Waals surface area contributed by atoms with E-state index in [1.165, 1.54) is 16.7 Å². The summed E-state index contributed by atoms with van der Waals surface area (Å²) in [6.07, 6.45) is 1.08. The molecule has 0 radical (unpaired) electrons. The fraction of sp³-hybridized carbons (Fsp3) is 0.455. The van der Waals surface area contributed by atoms with Gasteiger partial charge in [-0.1, -0.05) is 75.2 Å². The maximum atomic E-state index is 6.62. The van der Waals surface area contributed by atoms with Gasteiger partial charge >= 0.3 is 0 Å². The fourth-order valence-electron chi connectivity index (χ4n) is 3.97. The Bertz CT molecular complexity index is 741. The van der Waals surface area contributed by atoms with Crippen LogP contribution in [0.5, 0.6) is 0 Å². The van der Waals surface area contributed by atoms with Gasteiger partial charge in [0.25, 0.3) is 0 Å². The van der Waals surface area contributed by atoms with Crippen molar-refractivity contribution >= 4 is 23.2 Å². The van der Waals surface area contributed by atoms with Gasteiger partial charge in [0.15, 0.2) is 0 Å². The lowest BCUT2D eigenvalue weighted by atomic mass is 9.72. The molecule has 0 bridgehead atoms. The molecule has 0 amide bonds. The van der Waals surface area contributed by atoms with Crippen LogP contribution < -0.4 is 0 Å². The Morgan fingerprint density at radius 3 is 1.80 bits per heavy atom. The molecule has 2 aromatic carbocycles. The van der Waals surface area contributed by atoms with Crippen molar-refractivity contribution in [1.29, 1.82) is 0 Å². The van der Waals surface area contributed by atoms with Crippen LogP contribution in [0.1, 0.15) is 68.2 Å². The van der Waals surface area contributed by atoms with Crippen LogP contribution in [0.15, 0.2) is 36.4 Å². The minimum Gasteiger partial charge on any atom is -0.293 e. The summed E-state index contributed by atoms with van der Waals surface area (Å²) in [5.41, 5.74) is 4.79. The molecule has 3 rings (SSSR count). The quantitative estimate of drug-likeness (QED) is 0.566. The van der Waals surface area contributed by atoms with Crippen LogP contribution in [0, 0.1) is 0 Å². The highest BCUT2D eigenvalue weighted by Crippen LogP contribution is 2.47. The summed E-state index contributed by atoms with van der Waals surface area (Å²) in [5.74, 6) is 0.854. The Kier molecular flexibility index (Phi) is 5.21. The van der Waals surface area contributed by atoms with Gasteiger partial charge in [-0.05, 0) is 59.7 Å². The number of likely N-dealkylation sites (tertiary alicyclic amines) is 1. The first-order valence-corrected chi connectivity index (χ1v) is 9.84. The third-order valence-electron chi connectivity index (χ3n) is 5.65. The molecular formula is C22H27Cl2N. The lowest BCUT2D eigenvalue weighted by Gasteiger charge is -2.52. The second-order valence-electron chi connectivity index (χ2n) is 7.82. The van der Waals surface area contributed by atoms with E-state index in [-0.39, 0.29) is 5.54 Å². The molecule has 3 heteroatoms. The first-order chi connectivity index (χ1) is 11.8. The molecule has 0 aliphatic carbocycles. The van der Waals surface area contributed by atoms with Gasteiger partial charge < -0.3 is 0 Å². The minimum absolute atomic E-state index is 0.127. The second kappa shape index (κ2) is 6.95. The lowest BCUT2D eigenvalue weighted by molar-refractivity contribution is 0.0447. The summed E-state index contributed by atoms with van der Waals surface area (Å²) < 4.78 is 0. The maximum absolute atomic E-state index is 6.62. The number of nitrogens with zero attached hydrogens (tertiary/aromatic N) is 1. The van der Waals surface area contributed by atoms with Crippen molar-refractivity contribution in [3.05, 3.63) is 68.7 Å². The van der Waals surface area contributed by atoms with Crippen molar-refractivity contribution in [2.24, 2.45) is 0 Å². The van der Waals surface area contributed by atoms with Crippen LogP contribution in [-0.4, -0.2) is 18.5 Å². The van der Waals surface area contributed by atoms with Gasteiger partial charge in [-0.25, -0.2) is 0 Å². The maximum Gasteiger partial charge on any atom is 0.0726 e. The number of hydrogen-bond donors (Lipinski definition) is 0. The first-order valence-electron chi connectivity index (χ1n) is 9.08. The standard InChI is InChI=1S/C22H27Cl2N/c1-14(2)16-6-8-17(9-7-16)22(10-11-25(22)5)18-12-19(23)21(15(3)4)20(24)13-18/h6-9,12-15H,10-11H2,1-5H3. The van der Waals surface area contributed by atoms with E-state index >= 15 is 0 Å². The molecule has 1 nitrogen and oxygen atoms in total.